The van der Waals surface area contributed by atoms with Crippen LogP contribution in [0.2, 0.25) is 0 Å². The lowest BCUT2D eigenvalue weighted by molar-refractivity contribution is 0.279. The smallest absolute Gasteiger partial charge is 0.205 e. The average molecular weight is 329 g/mol. The Morgan fingerprint density at radius 1 is 1.11 bits per heavy atom. The topological polar surface area (TPSA) is 18.5 Å². The molecule has 2 rings (SSSR count). The first-order valence-electron chi connectivity index (χ1n) is 5.51. The Morgan fingerprint density at radius 3 is 2.42 bits per heavy atom. The Bertz CT molecular complexity index is 573. The van der Waals surface area contributed by atoms with Crippen molar-refractivity contribution in [3.05, 3.63) is 58.1 Å². The largest absolute Gasteiger partial charge is 0.492 e. The van der Waals surface area contributed by atoms with E-state index in [9.17, 15) is 8.78 Å². The molecule has 19 heavy (non-hydrogen) atoms. The molecule has 0 saturated heterocycles. The number of rotatable bonds is 4. The zero-order chi connectivity index (χ0) is 13.8. The maximum Gasteiger partial charge on any atom is 0.205 e. The molecule has 5 heteroatoms. The Kier molecular flexibility index (Phi) is 4.37. The number of hydrogen-bond donors (Lipinski definition) is 0. The van der Waals surface area contributed by atoms with Gasteiger partial charge in [0.05, 0.1) is 11.6 Å². The van der Waals surface area contributed by atoms with E-state index in [4.69, 9.17) is 9.47 Å². The third kappa shape index (κ3) is 3.04. The molecule has 2 aromatic rings. The lowest BCUT2D eigenvalue weighted by Gasteiger charge is -2.11. The monoisotopic (exact) mass is 328 g/mol. The van der Waals surface area contributed by atoms with Gasteiger partial charge in [-0.25, -0.2) is 0 Å². The van der Waals surface area contributed by atoms with E-state index >= 15 is 0 Å². The first-order chi connectivity index (χ1) is 9.13. The van der Waals surface area contributed by atoms with Crippen LogP contribution in [-0.2, 0) is 6.61 Å². The second kappa shape index (κ2) is 6.02. The van der Waals surface area contributed by atoms with Gasteiger partial charge in [0, 0.05) is 6.07 Å². The summed E-state index contributed by atoms with van der Waals surface area (Å²) in [5.41, 5.74) is 0.870. The van der Waals surface area contributed by atoms with E-state index in [1.54, 1.807) is 0 Å². The summed E-state index contributed by atoms with van der Waals surface area (Å²) in [5.74, 6) is -2.46. The van der Waals surface area contributed by atoms with Crippen LogP contribution < -0.4 is 9.47 Å². The number of halogens is 3. The van der Waals surface area contributed by atoms with Crippen LogP contribution in [0.25, 0.3) is 0 Å². The maximum atomic E-state index is 13.7. The summed E-state index contributed by atoms with van der Waals surface area (Å²) in [4.78, 5) is 0. The Hall–Kier alpha value is -1.62. The maximum absolute atomic E-state index is 13.7. The van der Waals surface area contributed by atoms with Gasteiger partial charge in [0.2, 0.25) is 11.6 Å². The molecule has 0 saturated carbocycles. The first-order valence-corrected chi connectivity index (χ1v) is 6.31. The molecule has 0 N–H and O–H groups in total. The molecule has 0 radical (unpaired) electrons. The molecular formula is C14H11BrF2O2. The predicted octanol–water partition coefficient (Wildman–Crippen LogP) is 4.31. The number of methoxy groups -OCH3 is 1. The van der Waals surface area contributed by atoms with Crippen molar-refractivity contribution in [2.75, 3.05) is 7.11 Å². The van der Waals surface area contributed by atoms with Crippen molar-refractivity contribution in [1.82, 2.24) is 0 Å². The van der Waals surface area contributed by atoms with Crippen molar-refractivity contribution < 1.29 is 18.3 Å². The molecule has 0 aliphatic rings. The molecular weight excluding hydrogens is 318 g/mol. The summed E-state index contributed by atoms with van der Waals surface area (Å²) >= 11 is 3.11. The van der Waals surface area contributed by atoms with Crippen LogP contribution in [0.3, 0.4) is 0 Å². The highest BCUT2D eigenvalue weighted by Crippen LogP contribution is 2.35. The molecule has 0 heterocycles. The minimum absolute atomic E-state index is 0.158. The minimum Gasteiger partial charge on any atom is -0.492 e. The second-order valence-electron chi connectivity index (χ2n) is 3.79. The summed E-state index contributed by atoms with van der Waals surface area (Å²) in [6.45, 7) is 0.163. The van der Waals surface area contributed by atoms with Crippen molar-refractivity contribution in [2.24, 2.45) is 0 Å². The van der Waals surface area contributed by atoms with Crippen LogP contribution in [0.15, 0.2) is 40.9 Å². The zero-order valence-electron chi connectivity index (χ0n) is 10.1. The highest BCUT2D eigenvalue weighted by molar-refractivity contribution is 9.10. The Morgan fingerprint density at radius 2 is 1.79 bits per heavy atom. The second-order valence-corrected chi connectivity index (χ2v) is 4.65. The third-order valence-electron chi connectivity index (χ3n) is 2.52. The Labute approximate surface area is 118 Å². The molecule has 0 fully saturated rings. The van der Waals surface area contributed by atoms with Crippen molar-refractivity contribution in [2.45, 2.75) is 6.61 Å². The highest BCUT2D eigenvalue weighted by atomic mass is 79.9. The van der Waals surface area contributed by atoms with E-state index in [1.807, 2.05) is 30.3 Å². The normalized spacial score (nSPS) is 10.3. The van der Waals surface area contributed by atoms with E-state index in [-0.39, 0.29) is 18.1 Å². The van der Waals surface area contributed by atoms with Gasteiger partial charge in [0.15, 0.2) is 11.5 Å². The van der Waals surface area contributed by atoms with E-state index < -0.39 is 11.6 Å². The van der Waals surface area contributed by atoms with Crippen LogP contribution >= 0.6 is 15.9 Å². The van der Waals surface area contributed by atoms with E-state index in [0.29, 0.717) is 4.47 Å². The summed E-state index contributed by atoms with van der Waals surface area (Å²) < 4.78 is 37.7. The quantitative estimate of drug-likeness (QED) is 0.778. The fourth-order valence-corrected chi connectivity index (χ4v) is 2.13. The van der Waals surface area contributed by atoms with Crippen molar-refractivity contribution >= 4 is 15.9 Å². The number of ether oxygens (including phenoxy) is 2. The third-order valence-corrected chi connectivity index (χ3v) is 3.11. The zero-order valence-corrected chi connectivity index (χ0v) is 11.7. The molecule has 0 aliphatic heterocycles. The molecule has 2 nitrogen and oxygen atoms in total. The average Bonchev–Trinajstić information content (AvgIpc) is 2.43. The van der Waals surface area contributed by atoms with Crippen molar-refractivity contribution in [3.8, 4) is 11.5 Å². The van der Waals surface area contributed by atoms with Gasteiger partial charge in [-0.3, -0.25) is 0 Å². The molecule has 100 valence electrons. The minimum atomic E-state index is -1.07. The van der Waals surface area contributed by atoms with Gasteiger partial charge in [0.1, 0.15) is 6.61 Å². The van der Waals surface area contributed by atoms with Crippen LogP contribution in [0.4, 0.5) is 8.78 Å². The molecule has 0 aliphatic carbocycles. The van der Waals surface area contributed by atoms with Gasteiger partial charge in [-0.1, -0.05) is 30.3 Å². The fraction of sp³-hybridized carbons (Fsp3) is 0.143. The molecule has 0 spiro atoms. The van der Waals surface area contributed by atoms with E-state index in [0.717, 1.165) is 5.56 Å². The molecule has 0 unspecified atom stereocenters. The van der Waals surface area contributed by atoms with Gasteiger partial charge in [-0.05, 0) is 21.5 Å². The molecule has 2 aromatic carbocycles. The molecule has 0 amide bonds. The lowest BCUT2D eigenvalue weighted by atomic mass is 10.2. The lowest BCUT2D eigenvalue weighted by Crippen LogP contribution is -2.01. The van der Waals surface area contributed by atoms with E-state index in [1.165, 1.54) is 13.2 Å². The summed E-state index contributed by atoms with van der Waals surface area (Å²) in [5, 5.41) is 0. The van der Waals surface area contributed by atoms with Crippen LogP contribution in [0.1, 0.15) is 5.56 Å². The first kappa shape index (κ1) is 13.8. The Balaban J connectivity index is 2.22. The van der Waals surface area contributed by atoms with Crippen molar-refractivity contribution in [3.63, 3.8) is 0 Å². The van der Waals surface area contributed by atoms with Crippen LogP contribution in [-0.4, -0.2) is 7.11 Å². The molecule has 0 bridgehead atoms. The number of hydrogen-bond acceptors (Lipinski definition) is 2. The number of benzene rings is 2. The van der Waals surface area contributed by atoms with E-state index in [2.05, 4.69) is 15.9 Å². The fourth-order valence-electron chi connectivity index (χ4n) is 1.58. The predicted molar refractivity (Wildman–Crippen MR) is 71.4 cm³/mol. The van der Waals surface area contributed by atoms with Gasteiger partial charge in [0.25, 0.3) is 0 Å². The van der Waals surface area contributed by atoms with Gasteiger partial charge in [-0.15, -0.1) is 0 Å². The van der Waals surface area contributed by atoms with Crippen molar-refractivity contribution in [1.29, 1.82) is 0 Å². The SMILES string of the molecule is COc1c(Br)cc(OCc2ccccc2)c(F)c1F. The highest BCUT2D eigenvalue weighted by Gasteiger charge is 2.19. The van der Waals surface area contributed by atoms with Crippen LogP contribution in [0, 0.1) is 11.6 Å². The van der Waals surface area contributed by atoms with Gasteiger partial charge >= 0.3 is 0 Å². The molecule has 0 aromatic heterocycles. The van der Waals surface area contributed by atoms with Crippen LogP contribution in [0.5, 0.6) is 11.5 Å². The standard InChI is InChI=1S/C14H11BrF2O2/c1-18-14-10(15)7-11(12(16)13(14)17)19-8-9-5-3-2-4-6-9/h2-7H,8H2,1H3. The van der Waals surface area contributed by atoms with Gasteiger partial charge in [-0.2, -0.15) is 8.78 Å². The summed E-state index contributed by atoms with van der Waals surface area (Å²) in [6.07, 6.45) is 0. The molecule has 0 atom stereocenters. The van der Waals surface area contributed by atoms with Gasteiger partial charge < -0.3 is 9.47 Å². The summed E-state index contributed by atoms with van der Waals surface area (Å²) in [6, 6.07) is 10.6. The summed E-state index contributed by atoms with van der Waals surface area (Å²) in [7, 11) is 1.27.